The maximum absolute atomic E-state index is 2.71. The van der Waals surface area contributed by atoms with Crippen LogP contribution >= 0.6 is 0 Å². The van der Waals surface area contributed by atoms with E-state index in [1.807, 2.05) is 0 Å². The van der Waals surface area contributed by atoms with E-state index >= 15 is 0 Å². The summed E-state index contributed by atoms with van der Waals surface area (Å²) in [6.45, 7) is 21.5. The summed E-state index contributed by atoms with van der Waals surface area (Å²) in [6.07, 6.45) is 0.987. The number of hydrogen-bond acceptors (Lipinski definition) is 0. The van der Waals surface area contributed by atoms with Crippen LogP contribution in [0.15, 0.2) is 121 Å². The van der Waals surface area contributed by atoms with E-state index in [4.69, 9.17) is 0 Å². The van der Waals surface area contributed by atoms with Gasteiger partial charge in [-0.1, -0.05) is 147 Å². The first-order chi connectivity index (χ1) is 27.7. The van der Waals surface area contributed by atoms with Crippen LogP contribution in [-0.2, 0) is 17.3 Å². The van der Waals surface area contributed by atoms with Crippen LogP contribution in [-0.4, -0.2) is 15.8 Å². The molecule has 12 rings (SSSR count). The number of hydrogen-bond donors (Lipinski definition) is 0. The van der Waals surface area contributed by atoms with Crippen molar-refractivity contribution in [3.8, 4) is 44.9 Å². The zero-order valence-corrected chi connectivity index (χ0v) is 35.2. The van der Waals surface area contributed by atoms with Gasteiger partial charge in [-0.05, 0) is 125 Å². The normalized spacial score (nSPS) is 14.0. The van der Waals surface area contributed by atoms with E-state index in [0.29, 0.717) is 0 Å². The third-order valence-electron chi connectivity index (χ3n) is 13.5. The Morgan fingerprint density at radius 3 is 1.86 bits per heavy atom. The Morgan fingerprint density at radius 1 is 0.517 bits per heavy atom. The van der Waals surface area contributed by atoms with Gasteiger partial charge in [0.2, 0.25) is 0 Å². The van der Waals surface area contributed by atoms with Crippen molar-refractivity contribution in [3.63, 3.8) is 0 Å². The summed E-state index contributed by atoms with van der Waals surface area (Å²) in [5.41, 5.74) is 23.4. The summed E-state index contributed by atoms with van der Waals surface area (Å²) < 4.78 is 5.41. The lowest BCUT2D eigenvalue weighted by molar-refractivity contribution is 0.411. The molecule has 9 aromatic rings. The Labute approximate surface area is 342 Å². The zero-order valence-electron chi connectivity index (χ0n) is 35.2. The second-order valence-corrected chi connectivity index (χ2v) is 20.8. The summed E-state index contributed by atoms with van der Waals surface area (Å²) in [4.78, 5) is 0. The van der Waals surface area contributed by atoms with E-state index in [1.54, 1.807) is 0 Å². The van der Waals surface area contributed by atoms with E-state index in [-0.39, 0.29) is 23.0 Å². The number of aromatic nitrogens is 2. The van der Waals surface area contributed by atoms with Crippen LogP contribution in [0.4, 0.5) is 0 Å². The highest BCUT2D eigenvalue weighted by Gasteiger charge is 2.48. The molecule has 0 spiro atoms. The van der Waals surface area contributed by atoms with Crippen LogP contribution in [0.5, 0.6) is 0 Å². The zero-order chi connectivity index (χ0) is 39.8. The first kappa shape index (κ1) is 34.3. The molecule has 0 saturated carbocycles. The van der Waals surface area contributed by atoms with E-state index in [0.717, 1.165) is 6.42 Å². The molecule has 7 aromatic carbocycles. The minimum atomic E-state index is -0.0740. The monoisotopic (exact) mass is 748 g/mol. The second kappa shape index (κ2) is 11.0. The Hall–Kier alpha value is -5.80. The average Bonchev–Trinajstić information content (AvgIpc) is 3.70. The molecule has 2 nitrogen and oxygen atoms in total. The van der Waals surface area contributed by atoms with Gasteiger partial charge in [-0.15, -0.1) is 0 Å². The minimum absolute atomic E-state index is 0.0360. The first-order valence-corrected chi connectivity index (χ1v) is 21.3. The van der Waals surface area contributed by atoms with Crippen molar-refractivity contribution in [1.82, 2.24) is 9.13 Å². The summed E-state index contributed by atoms with van der Waals surface area (Å²) in [5.74, 6) is 0. The molecule has 0 unspecified atom stereocenters. The molecule has 5 heterocycles. The number of fused-ring (bicyclic) bond motifs is 6. The lowest BCUT2D eigenvalue weighted by Crippen LogP contribution is -2.62. The summed E-state index contributed by atoms with van der Waals surface area (Å²) in [6, 6.07) is 47.1. The Kier molecular flexibility index (Phi) is 6.51. The van der Waals surface area contributed by atoms with Crippen molar-refractivity contribution < 1.29 is 0 Å². The molecule has 3 aliphatic rings. The third-order valence-corrected chi connectivity index (χ3v) is 13.5. The fourth-order valence-corrected chi connectivity index (χ4v) is 11.3. The van der Waals surface area contributed by atoms with Gasteiger partial charge in [-0.3, -0.25) is 0 Å². The van der Waals surface area contributed by atoms with E-state index in [9.17, 15) is 0 Å². The molecule has 0 fully saturated rings. The molecule has 3 aliphatic heterocycles. The summed E-state index contributed by atoms with van der Waals surface area (Å²) in [7, 11) is 0. The molecule has 0 aliphatic carbocycles. The molecule has 282 valence electrons. The molecule has 0 saturated heterocycles. The van der Waals surface area contributed by atoms with Crippen molar-refractivity contribution in [2.75, 3.05) is 0 Å². The quantitative estimate of drug-likeness (QED) is 0.159. The second-order valence-electron chi connectivity index (χ2n) is 20.8. The molecule has 0 N–H and O–H groups in total. The van der Waals surface area contributed by atoms with Crippen molar-refractivity contribution in [2.45, 2.75) is 79.6 Å². The van der Waals surface area contributed by atoms with Gasteiger partial charge in [-0.25, -0.2) is 0 Å². The smallest absolute Gasteiger partial charge is 0.253 e. The fourth-order valence-electron chi connectivity index (χ4n) is 11.3. The topological polar surface area (TPSA) is 9.86 Å². The molecule has 0 atom stereocenters. The summed E-state index contributed by atoms with van der Waals surface area (Å²) in [5, 5.41) is 6.84. The van der Waals surface area contributed by atoms with Crippen molar-refractivity contribution in [1.29, 1.82) is 0 Å². The van der Waals surface area contributed by atoms with E-state index in [1.165, 1.54) is 121 Å². The Bertz CT molecular complexity index is 3280. The SMILES string of the molecule is CC(C)(C)Cc1cc2c3c(c1)-n1c4ccc(C(C)(C)C)cc4c4cc(C(C)(C)C)c5c(c41)B3c1c3c-5cccc3cc3c(-c4ccccc4)c(-c4ccccc4)n-2c13. The number of benzene rings is 7. The van der Waals surface area contributed by atoms with Crippen LogP contribution in [0.3, 0.4) is 0 Å². The van der Waals surface area contributed by atoms with Gasteiger partial charge in [0.1, 0.15) is 0 Å². The maximum atomic E-state index is 2.71. The van der Waals surface area contributed by atoms with Crippen LogP contribution in [0.1, 0.15) is 79.0 Å². The third kappa shape index (κ3) is 4.40. The van der Waals surface area contributed by atoms with Crippen LogP contribution in [0, 0.1) is 5.41 Å². The Balaban J connectivity index is 1.38. The molecule has 0 amide bonds. The Morgan fingerprint density at radius 2 is 1.19 bits per heavy atom. The molecule has 3 heteroatoms. The predicted molar refractivity (Wildman–Crippen MR) is 250 cm³/mol. The molecule has 0 bridgehead atoms. The van der Waals surface area contributed by atoms with Gasteiger partial charge < -0.3 is 9.13 Å². The molecule has 58 heavy (non-hydrogen) atoms. The van der Waals surface area contributed by atoms with Crippen molar-refractivity contribution >= 4 is 66.6 Å². The highest BCUT2D eigenvalue weighted by atomic mass is 15.0. The van der Waals surface area contributed by atoms with Gasteiger partial charge in [-0.2, -0.15) is 0 Å². The first-order valence-electron chi connectivity index (χ1n) is 21.3. The molecular formula is C55H49BN2. The standard InChI is InChI=1S/C55H49BN2/c1-53(2,3)30-31-25-42-47-43(26-31)58-50(33-19-14-11-15-20-33)45(32-17-12-10-13-18-32)39-27-34-21-16-22-36-44(34)48(52(39)58)56(47)49-46(36)40(55(7,8)9)29-38-37-28-35(54(4,5)6)23-24-41(37)57(42)51(38)49/h10-29H,30H2,1-9H3. The van der Waals surface area contributed by atoms with Gasteiger partial charge in [0.05, 0.1) is 16.7 Å². The summed E-state index contributed by atoms with van der Waals surface area (Å²) >= 11 is 0. The molecule has 2 aromatic heterocycles. The van der Waals surface area contributed by atoms with Crippen molar-refractivity contribution in [3.05, 3.63) is 138 Å². The van der Waals surface area contributed by atoms with Gasteiger partial charge >= 0.3 is 0 Å². The largest absolute Gasteiger partial charge is 0.310 e. The van der Waals surface area contributed by atoms with E-state index < -0.39 is 0 Å². The van der Waals surface area contributed by atoms with Gasteiger partial charge in [0.25, 0.3) is 6.71 Å². The fraction of sp³-hybridized carbons (Fsp3) is 0.236. The number of nitrogens with zero attached hydrogens (tertiary/aromatic N) is 2. The highest BCUT2D eigenvalue weighted by Crippen LogP contribution is 2.51. The van der Waals surface area contributed by atoms with Crippen LogP contribution in [0.25, 0.3) is 88.4 Å². The lowest BCUT2D eigenvalue weighted by Gasteiger charge is -2.40. The predicted octanol–water partition coefficient (Wildman–Crippen LogP) is 12.5. The lowest BCUT2D eigenvalue weighted by atomic mass is 9.31. The average molecular weight is 749 g/mol. The van der Waals surface area contributed by atoms with E-state index in [2.05, 4.69) is 193 Å². The van der Waals surface area contributed by atoms with Crippen LogP contribution < -0.4 is 16.4 Å². The van der Waals surface area contributed by atoms with Gasteiger partial charge in [0, 0.05) is 38.6 Å². The maximum Gasteiger partial charge on any atom is 0.253 e. The molecular weight excluding hydrogens is 699 g/mol. The minimum Gasteiger partial charge on any atom is -0.310 e. The van der Waals surface area contributed by atoms with Gasteiger partial charge in [0.15, 0.2) is 0 Å². The molecule has 0 radical (unpaired) electrons. The van der Waals surface area contributed by atoms with Crippen LogP contribution in [0.2, 0.25) is 0 Å². The highest BCUT2D eigenvalue weighted by molar-refractivity contribution is 7.03. The number of rotatable bonds is 3. The van der Waals surface area contributed by atoms with Crippen molar-refractivity contribution in [2.24, 2.45) is 5.41 Å².